The van der Waals surface area contributed by atoms with Crippen molar-refractivity contribution >= 4 is 35.4 Å². The van der Waals surface area contributed by atoms with Crippen LogP contribution < -0.4 is 26.6 Å². The Labute approximate surface area is 478 Å². The molecule has 0 aliphatic carbocycles. The number of rotatable bonds is 21. The molecule has 0 aromatic carbocycles. The molecule has 36 nitrogen and oxygen atoms in total. The fourth-order valence-electron chi connectivity index (χ4n) is 11.2. The number of aliphatic imine (C=N–C) groups is 1. The molecule has 7 heterocycles. The number of nitrogens with zero attached hydrogens (tertiary/aromatic N) is 1. The third kappa shape index (κ3) is 14.9. The molecule has 7 aliphatic rings. The minimum atomic E-state index is -2.04. The minimum absolute atomic E-state index is 0.178. The Bertz CT molecular complexity index is 2270. The average molecular weight is 1220 g/mol. The van der Waals surface area contributed by atoms with Crippen molar-refractivity contribution in [1.82, 2.24) is 26.6 Å². The summed E-state index contributed by atoms with van der Waals surface area (Å²) in [6, 6.07) is -9.35. The highest BCUT2D eigenvalue weighted by Gasteiger charge is 2.59. The van der Waals surface area contributed by atoms with Gasteiger partial charge in [0.1, 0.15) is 146 Å². The van der Waals surface area contributed by atoms with Gasteiger partial charge < -0.3 is 150 Å². The summed E-state index contributed by atoms with van der Waals surface area (Å²) >= 11 is 0. The molecule has 480 valence electrons. The van der Waals surface area contributed by atoms with Gasteiger partial charge in [-0.1, -0.05) is 0 Å². The van der Waals surface area contributed by atoms with Crippen LogP contribution >= 0.6 is 0 Å². The lowest BCUT2D eigenvalue weighted by atomic mass is 9.92. The number of carbonyl (C=O) groups is 5. The molecule has 7 aliphatic heterocycles. The number of ether oxygens (including phenoxy) is 12. The van der Waals surface area contributed by atoms with Gasteiger partial charge in [0, 0.05) is 41.5 Å². The predicted molar refractivity (Wildman–Crippen MR) is 267 cm³/mol. The van der Waals surface area contributed by atoms with E-state index in [9.17, 15) is 90.4 Å². The van der Waals surface area contributed by atoms with E-state index in [1.54, 1.807) is 0 Å². The molecule has 0 bridgehead atoms. The van der Waals surface area contributed by atoms with Crippen LogP contribution in [0.2, 0.25) is 0 Å². The van der Waals surface area contributed by atoms with Crippen LogP contribution in [0.3, 0.4) is 0 Å². The summed E-state index contributed by atoms with van der Waals surface area (Å²) in [5.41, 5.74) is 0. The monoisotopic (exact) mass is 1220 g/mol. The summed E-state index contributed by atoms with van der Waals surface area (Å²) in [6.45, 7) is 1.25. The first-order chi connectivity index (χ1) is 39.8. The topological polar surface area (TPSA) is 532 Å². The Morgan fingerprint density at radius 1 is 0.369 bits per heavy atom. The van der Waals surface area contributed by atoms with Crippen molar-refractivity contribution in [2.75, 3.05) is 39.6 Å². The zero-order valence-corrected chi connectivity index (χ0v) is 46.3. The van der Waals surface area contributed by atoms with Crippen molar-refractivity contribution in [1.29, 1.82) is 0 Å². The summed E-state index contributed by atoms with van der Waals surface area (Å²) in [5.74, 6) is -3.74. The van der Waals surface area contributed by atoms with E-state index in [0.29, 0.717) is 0 Å². The lowest BCUT2D eigenvalue weighted by Crippen LogP contribution is -2.72. The molecule has 30 atom stereocenters. The standard InChI is InChI=1S/C48H78N6O30/c1-13(61)49-25-32(67)31(66)19(7-55)74-44(25)80-38-21(9-57)76-45(26(33(38)68)50-14(2)62)81-39-22(10-58)77-46(27(34(39)69)51-15(3)63)82-40-23(11-59)78-47(28(35(40)70)52-16(4)64)83-41-24(12-60)79-48(29(36(41)71)53-17(5)65)84-42-20(8-56)75-43-30(37(42)72)54-18(6)73-43/h19-48,55-60,66-72H,7-12H2,1-6H3,(H,49,61)(H,50,62)(H,51,63)(H,52,64)(H,53,65)/t19-,20-,21-,22-,23-,24-,25-,26-,27-,28-,29-,30-,31-,32-,33-,34-,35-,36-,37-,38-,39-,40-,41-,42-,43+,44+,45+,46+,47+,48+/m1/s1. The molecule has 6 saturated heterocycles. The van der Waals surface area contributed by atoms with E-state index in [1.807, 2.05) is 0 Å². The molecule has 5 amide bonds. The van der Waals surface area contributed by atoms with Crippen LogP contribution in [-0.4, -0.2) is 325 Å². The molecule has 18 N–H and O–H groups in total. The first-order valence-corrected chi connectivity index (χ1v) is 27.0. The van der Waals surface area contributed by atoms with E-state index in [-0.39, 0.29) is 5.90 Å². The third-order valence-electron chi connectivity index (χ3n) is 15.0. The van der Waals surface area contributed by atoms with E-state index in [1.165, 1.54) is 6.92 Å². The Morgan fingerprint density at radius 2 is 0.607 bits per heavy atom. The maximum atomic E-state index is 12.8. The second-order valence-corrected chi connectivity index (χ2v) is 21.2. The zero-order valence-electron chi connectivity index (χ0n) is 46.3. The number of aliphatic hydroxyl groups is 13. The number of nitrogens with one attached hydrogen (secondary N) is 5. The van der Waals surface area contributed by atoms with E-state index in [4.69, 9.17) is 56.8 Å². The van der Waals surface area contributed by atoms with Gasteiger partial charge >= 0.3 is 0 Å². The summed E-state index contributed by atoms with van der Waals surface area (Å²) in [5, 5.41) is 156. The van der Waals surface area contributed by atoms with E-state index in [0.717, 1.165) is 34.6 Å². The summed E-state index contributed by atoms with van der Waals surface area (Å²) in [4.78, 5) is 67.2. The molecule has 0 radical (unpaired) electrons. The van der Waals surface area contributed by atoms with E-state index >= 15 is 0 Å². The largest absolute Gasteiger partial charge is 0.450 e. The van der Waals surface area contributed by atoms with E-state index < -0.39 is 253 Å². The number of carbonyl (C=O) groups excluding carboxylic acids is 5. The SMILES string of the molecule is CC(=O)N[C@H]1[C@H](O[C@H]2[C@H](O)[C@H]3N=C(C)O[C@H]3O[C@@H]2CO)O[C@H](CO)[C@@H](O[C@@H]2O[C@H](CO)[C@@H](O[C@@H]3O[C@H](CO)[C@@H](O[C@@H]4O[C@H](CO)[C@@H](O[C@@H]5O[C@H](CO)[C@@H](O)[C@H](O)[C@H]5NC(C)=O)[C@H](O)[C@H]4NC(C)=O)[C@H](O)[C@H]3NC(C)=O)[C@H](O)[C@H]2NC(C)=O)[C@@H]1O. The predicted octanol–water partition coefficient (Wildman–Crippen LogP) is -11.9. The third-order valence-corrected chi connectivity index (χ3v) is 15.0. The van der Waals surface area contributed by atoms with Gasteiger partial charge in [0.25, 0.3) is 0 Å². The molecule has 7 rings (SSSR count). The molecule has 0 unspecified atom stereocenters. The maximum Gasteiger partial charge on any atom is 0.227 e. The van der Waals surface area contributed by atoms with Crippen LogP contribution in [-0.2, 0) is 80.8 Å². The van der Waals surface area contributed by atoms with Crippen LogP contribution in [0.5, 0.6) is 0 Å². The molecular weight excluding hydrogens is 1140 g/mol. The van der Waals surface area contributed by atoms with Gasteiger partial charge in [-0.15, -0.1) is 0 Å². The van der Waals surface area contributed by atoms with Crippen LogP contribution in [0, 0.1) is 0 Å². The highest BCUT2D eigenvalue weighted by molar-refractivity contribution is 5.76. The second kappa shape index (κ2) is 29.2. The highest BCUT2D eigenvalue weighted by Crippen LogP contribution is 2.38. The van der Waals surface area contributed by atoms with Crippen LogP contribution in [0.25, 0.3) is 0 Å². The minimum Gasteiger partial charge on any atom is -0.450 e. The Hall–Kier alpha value is -4.14. The Morgan fingerprint density at radius 3 is 0.869 bits per heavy atom. The van der Waals surface area contributed by atoms with Crippen LogP contribution in [0.15, 0.2) is 4.99 Å². The normalized spacial score (nSPS) is 45.0. The molecule has 0 spiro atoms. The first-order valence-electron chi connectivity index (χ1n) is 27.0. The van der Waals surface area contributed by atoms with Crippen LogP contribution in [0.1, 0.15) is 41.5 Å². The number of amides is 5. The molecule has 84 heavy (non-hydrogen) atoms. The van der Waals surface area contributed by atoms with Gasteiger partial charge in [0.15, 0.2) is 37.3 Å². The highest BCUT2D eigenvalue weighted by atomic mass is 16.8. The molecule has 0 aromatic rings. The number of fused-ring (bicyclic) bond motifs is 1. The number of hydrogen-bond acceptors (Lipinski definition) is 31. The fraction of sp³-hybridized carbons (Fsp3) is 0.875. The first kappa shape index (κ1) is 67.4. The van der Waals surface area contributed by atoms with Crippen molar-refractivity contribution in [2.24, 2.45) is 4.99 Å². The lowest BCUT2D eigenvalue weighted by Gasteiger charge is -2.51. The van der Waals surface area contributed by atoms with Gasteiger partial charge in [-0.25, -0.2) is 4.99 Å². The van der Waals surface area contributed by atoms with Gasteiger partial charge in [-0.05, 0) is 0 Å². The van der Waals surface area contributed by atoms with Crippen molar-refractivity contribution in [2.45, 2.75) is 225 Å². The van der Waals surface area contributed by atoms with Crippen molar-refractivity contribution in [3.05, 3.63) is 0 Å². The summed E-state index contributed by atoms with van der Waals surface area (Å²) in [7, 11) is 0. The van der Waals surface area contributed by atoms with E-state index in [2.05, 4.69) is 31.6 Å². The molecular formula is C48H78N6O30. The number of aliphatic hydroxyl groups excluding tert-OH is 13. The average Bonchev–Trinajstić information content (AvgIpc) is 2.27. The Balaban J connectivity index is 1.10. The summed E-state index contributed by atoms with van der Waals surface area (Å²) < 4.78 is 71.6. The fourth-order valence-corrected chi connectivity index (χ4v) is 11.2. The van der Waals surface area contributed by atoms with Gasteiger partial charge in [0.05, 0.1) is 39.6 Å². The quantitative estimate of drug-likeness (QED) is 0.0507. The second-order valence-electron chi connectivity index (χ2n) is 21.2. The van der Waals surface area contributed by atoms with Crippen molar-refractivity contribution in [3.63, 3.8) is 0 Å². The molecule has 0 aromatic heterocycles. The molecule has 6 fully saturated rings. The van der Waals surface area contributed by atoms with Gasteiger partial charge in [0.2, 0.25) is 35.8 Å². The van der Waals surface area contributed by atoms with Gasteiger partial charge in [-0.3, -0.25) is 24.0 Å². The van der Waals surface area contributed by atoms with Crippen molar-refractivity contribution in [3.8, 4) is 0 Å². The molecule has 0 saturated carbocycles. The molecule has 36 heteroatoms. The van der Waals surface area contributed by atoms with Crippen LogP contribution in [0.4, 0.5) is 0 Å². The number of hydrogen-bond donors (Lipinski definition) is 18. The van der Waals surface area contributed by atoms with Crippen molar-refractivity contribution < 1.29 is 147 Å². The maximum absolute atomic E-state index is 12.8. The van der Waals surface area contributed by atoms with Gasteiger partial charge in [-0.2, -0.15) is 0 Å². The Kier molecular flexibility index (Phi) is 23.5. The lowest BCUT2D eigenvalue weighted by molar-refractivity contribution is -0.370. The summed E-state index contributed by atoms with van der Waals surface area (Å²) in [6.07, 6.45) is -41.2. The smallest absolute Gasteiger partial charge is 0.227 e. The zero-order chi connectivity index (χ0) is 61.8.